The Morgan fingerprint density at radius 3 is 2.89 bits per heavy atom. The van der Waals surface area contributed by atoms with Gasteiger partial charge in [-0.3, -0.25) is 9.59 Å². The van der Waals surface area contributed by atoms with Crippen molar-refractivity contribution in [3.8, 4) is 0 Å². The molecule has 1 aliphatic heterocycles. The molecule has 0 aliphatic carbocycles. The smallest absolute Gasteiger partial charge is 0.268 e. The summed E-state index contributed by atoms with van der Waals surface area (Å²) in [5.74, 6) is -0.327. The molecule has 1 aliphatic rings. The van der Waals surface area contributed by atoms with Crippen LogP contribution in [-0.4, -0.2) is 27.8 Å². The molecule has 1 aromatic rings. The van der Waals surface area contributed by atoms with Gasteiger partial charge in [-0.05, 0) is 12.0 Å². The standard InChI is InChI=1S/C12H16N4O2/c1-3-7(2)10-12(18)15-9(11(17)16-10)4-8-5-13-6-14-8/h4-7,10H,3H2,1-2H3,(H,13,14)(H,15,18)(H,16,17). The van der Waals surface area contributed by atoms with Crippen LogP contribution in [0.3, 0.4) is 0 Å². The predicted octanol–water partition coefficient (Wildman–Crippen LogP) is 0.411. The highest BCUT2D eigenvalue weighted by atomic mass is 16.2. The highest BCUT2D eigenvalue weighted by Crippen LogP contribution is 2.13. The molecule has 0 radical (unpaired) electrons. The molecule has 2 atom stereocenters. The number of aromatic amines is 1. The molecule has 1 fully saturated rings. The van der Waals surface area contributed by atoms with Gasteiger partial charge in [-0.15, -0.1) is 0 Å². The summed E-state index contributed by atoms with van der Waals surface area (Å²) in [6, 6.07) is -0.457. The molecule has 6 nitrogen and oxygen atoms in total. The van der Waals surface area contributed by atoms with Crippen LogP contribution in [0.5, 0.6) is 0 Å². The zero-order valence-corrected chi connectivity index (χ0v) is 10.4. The zero-order valence-electron chi connectivity index (χ0n) is 10.4. The average molecular weight is 248 g/mol. The molecule has 3 N–H and O–H groups in total. The summed E-state index contributed by atoms with van der Waals surface area (Å²) in [7, 11) is 0. The third-order valence-electron chi connectivity index (χ3n) is 3.10. The molecule has 2 unspecified atom stereocenters. The molecular formula is C12H16N4O2. The monoisotopic (exact) mass is 248 g/mol. The maximum Gasteiger partial charge on any atom is 0.268 e. The van der Waals surface area contributed by atoms with Gasteiger partial charge in [-0.2, -0.15) is 0 Å². The van der Waals surface area contributed by atoms with Crippen LogP contribution in [-0.2, 0) is 9.59 Å². The first kappa shape index (κ1) is 12.3. The number of hydrogen-bond donors (Lipinski definition) is 3. The van der Waals surface area contributed by atoms with Crippen LogP contribution in [0.4, 0.5) is 0 Å². The van der Waals surface area contributed by atoms with Gasteiger partial charge < -0.3 is 15.6 Å². The van der Waals surface area contributed by atoms with E-state index < -0.39 is 6.04 Å². The van der Waals surface area contributed by atoms with Crippen LogP contribution in [0.15, 0.2) is 18.2 Å². The quantitative estimate of drug-likeness (QED) is 0.677. The number of carbonyl (C=O) groups is 2. The van der Waals surface area contributed by atoms with E-state index in [0.717, 1.165) is 6.42 Å². The van der Waals surface area contributed by atoms with Crippen molar-refractivity contribution in [2.24, 2.45) is 5.92 Å². The molecule has 96 valence electrons. The van der Waals surface area contributed by atoms with Crippen molar-refractivity contribution in [1.29, 1.82) is 0 Å². The van der Waals surface area contributed by atoms with Crippen LogP contribution < -0.4 is 10.6 Å². The van der Waals surface area contributed by atoms with E-state index in [2.05, 4.69) is 20.6 Å². The van der Waals surface area contributed by atoms with Crippen molar-refractivity contribution in [3.63, 3.8) is 0 Å². The fraction of sp³-hybridized carbons (Fsp3) is 0.417. The highest BCUT2D eigenvalue weighted by Gasteiger charge is 2.32. The summed E-state index contributed by atoms with van der Waals surface area (Å²) in [6.07, 6.45) is 5.48. The first-order valence-electron chi connectivity index (χ1n) is 5.93. The largest absolute Gasteiger partial charge is 0.345 e. The molecule has 2 amide bonds. The fourth-order valence-corrected chi connectivity index (χ4v) is 1.79. The topological polar surface area (TPSA) is 86.9 Å². The third-order valence-corrected chi connectivity index (χ3v) is 3.10. The van der Waals surface area contributed by atoms with Gasteiger partial charge in [-0.1, -0.05) is 20.3 Å². The summed E-state index contributed by atoms with van der Waals surface area (Å²) in [5.41, 5.74) is 0.909. The van der Waals surface area contributed by atoms with Gasteiger partial charge in [0.1, 0.15) is 11.7 Å². The molecular weight excluding hydrogens is 232 g/mol. The Bertz CT molecular complexity index is 478. The number of carbonyl (C=O) groups excluding carboxylic acids is 2. The minimum Gasteiger partial charge on any atom is -0.345 e. The van der Waals surface area contributed by atoms with Gasteiger partial charge in [-0.25, -0.2) is 4.98 Å². The predicted molar refractivity (Wildman–Crippen MR) is 66.1 cm³/mol. The van der Waals surface area contributed by atoms with Crippen molar-refractivity contribution in [1.82, 2.24) is 20.6 Å². The van der Waals surface area contributed by atoms with Crippen molar-refractivity contribution in [3.05, 3.63) is 23.9 Å². The highest BCUT2D eigenvalue weighted by molar-refractivity contribution is 6.07. The fourth-order valence-electron chi connectivity index (χ4n) is 1.79. The minimum absolute atomic E-state index is 0.114. The lowest BCUT2D eigenvalue weighted by Crippen LogP contribution is -2.57. The number of rotatable bonds is 3. The van der Waals surface area contributed by atoms with Gasteiger partial charge in [0, 0.05) is 0 Å². The first-order chi connectivity index (χ1) is 8.61. The second-order valence-corrected chi connectivity index (χ2v) is 4.39. The lowest BCUT2D eigenvalue weighted by Gasteiger charge is -2.28. The Balaban J connectivity index is 2.15. The van der Waals surface area contributed by atoms with Crippen LogP contribution in [0, 0.1) is 5.92 Å². The molecule has 18 heavy (non-hydrogen) atoms. The number of H-pyrrole nitrogens is 1. The normalized spacial score (nSPS) is 23.7. The number of nitrogens with one attached hydrogen (secondary N) is 3. The van der Waals surface area contributed by atoms with Gasteiger partial charge in [0.15, 0.2) is 0 Å². The van der Waals surface area contributed by atoms with Crippen LogP contribution in [0.1, 0.15) is 26.0 Å². The Kier molecular flexibility index (Phi) is 3.45. The van der Waals surface area contributed by atoms with E-state index in [1.165, 1.54) is 6.33 Å². The second-order valence-electron chi connectivity index (χ2n) is 4.39. The summed E-state index contributed by atoms with van der Waals surface area (Å²) in [5, 5.41) is 5.36. The average Bonchev–Trinajstić information content (AvgIpc) is 2.85. The second kappa shape index (κ2) is 5.03. The lowest BCUT2D eigenvalue weighted by molar-refractivity contribution is -0.132. The number of amides is 2. The molecule has 1 aromatic heterocycles. The van der Waals surface area contributed by atoms with E-state index in [1.807, 2.05) is 13.8 Å². The molecule has 1 saturated heterocycles. The molecule has 6 heteroatoms. The molecule has 2 rings (SSSR count). The van der Waals surface area contributed by atoms with E-state index in [4.69, 9.17) is 0 Å². The van der Waals surface area contributed by atoms with Crippen LogP contribution in [0.25, 0.3) is 6.08 Å². The van der Waals surface area contributed by atoms with E-state index >= 15 is 0 Å². The van der Waals surface area contributed by atoms with Crippen LogP contribution in [0.2, 0.25) is 0 Å². The molecule has 0 aromatic carbocycles. The van der Waals surface area contributed by atoms with Gasteiger partial charge >= 0.3 is 0 Å². The summed E-state index contributed by atoms with van der Waals surface area (Å²) in [4.78, 5) is 30.4. The Morgan fingerprint density at radius 1 is 1.50 bits per heavy atom. The SMILES string of the molecule is CCC(C)C1NC(=O)C(=Cc2cnc[nH]2)NC1=O. The van der Waals surface area contributed by atoms with Gasteiger partial charge in [0.2, 0.25) is 5.91 Å². The van der Waals surface area contributed by atoms with Crippen LogP contribution >= 0.6 is 0 Å². The zero-order chi connectivity index (χ0) is 13.1. The summed E-state index contributed by atoms with van der Waals surface area (Å²) in [6.45, 7) is 3.92. The van der Waals surface area contributed by atoms with Crippen molar-refractivity contribution >= 4 is 17.9 Å². The Labute approximate surface area is 105 Å². The van der Waals surface area contributed by atoms with E-state index in [1.54, 1.807) is 12.3 Å². The number of nitrogens with zero attached hydrogens (tertiary/aromatic N) is 1. The van der Waals surface area contributed by atoms with Gasteiger partial charge in [0.05, 0.1) is 18.2 Å². The Morgan fingerprint density at radius 2 is 2.28 bits per heavy atom. The first-order valence-corrected chi connectivity index (χ1v) is 5.93. The van der Waals surface area contributed by atoms with Crippen molar-refractivity contribution < 1.29 is 9.59 Å². The summed E-state index contributed by atoms with van der Waals surface area (Å²) < 4.78 is 0. The van der Waals surface area contributed by atoms with E-state index in [0.29, 0.717) is 5.69 Å². The maximum absolute atomic E-state index is 11.9. The van der Waals surface area contributed by atoms with E-state index in [9.17, 15) is 9.59 Å². The summed E-state index contributed by atoms with van der Waals surface area (Å²) >= 11 is 0. The molecule has 0 bridgehead atoms. The maximum atomic E-state index is 11.9. The molecule has 0 spiro atoms. The van der Waals surface area contributed by atoms with E-state index in [-0.39, 0.29) is 23.4 Å². The van der Waals surface area contributed by atoms with Crippen molar-refractivity contribution in [2.75, 3.05) is 0 Å². The minimum atomic E-state index is -0.457. The molecule has 2 heterocycles. The number of hydrogen-bond acceptors (Lipinski definition) is 3. The third kappa shape index (κ3) is 2.42. The van der Waals surface area contributed by atoms with Gasteiger partial charge in [0.25, 0.3) is 5.91 Å². The lowest BCUT2D eigenvalue weighted by atomic mass is 9.96. The number of imidazole rings is 1. The Hall–Kier alpha value is -2.11. The number of aromatic nitrogens is 2. The number of piperazine rings is 1. The molecule has 0 saturated carbocycles. The van der Waals surface area contributed by atoms with Crippen molar-refractivity contribution in [2.45, 2.75) is 26.3 Å².